The van der Waals surface area contributed by atoms with Crippen molar-refractivity contribution in [3.63, 3.8) is 0 Å². The van der Waals surface area contributed by atoms with Crippen LogP contribution >= 0.6 is 11.3 Å². The summed E-state index contributed by atoms with van der Waals surface area (Å²) in [7, 11) is 0. The fraction of sp³-hybridized carbons (Fsp3) is 0.304. The van der Waals surface area contributed by atoms with E-state index in [4.69, 9.17) is 19.2 Å². The summed E-state index contributed by atoms with van der Waals surface area (Å²) < 4.78 is 17.0. The summed E-state index contributed by atoms with van der Waals surface area (Å²) in [6.45, 7) is 4.20. The number of ether oxygens (including phenoxy) is 3. The number of carbonyl (C=O) groups excluding carboxylic acids is 1. The van der Waals surface area contributed by atoms with Crippen LogP contribution in [-0.2, 0) is 16.1 Å². The van der Waals surface area contributed by atoms with Gasteiger partial charge in [-0.3, -0.25) is 15.0 Å². The first-order valence-corrected chi connectivity index (χ1v) is 11.1. The van der Waals surface area contributed by atoms with E-state index in [-0.39, 0.29) is 12.5 Å². The second-order valence-electron chi connectivity index (χ2n) is 7.40. The van der Waals surface area contributed by atoms with Crippen LogP contribution in [0.1, 0.15) is 4.88 Å². The van der Waals surface area contributed by atoms with Crippen molar-refractivity contribution in [2.24, 2.45) is 0 Å². The highest BCUT2D eigenvalue weighted by Gasteiger charge is 2.28. The van der Waals surface area contributed by atoms with Crippen LogP contribution in [0, 0.1) is 0 Å². The van der Waals surface area contributed by atoms with E-state index in [0.717, 1.165) is 49.0 Å². The number of fused-ring (bicyclic) bond motifs is 1. The second kappa shape index (κ2) is 9.05. The average molecular weight is 438 g/mol. The Kier molecular flexibility index (Phi) is 5.84. The van der Waals surface area contributed by atoms with Crippen molar-refractivity contribution in [2.45, 2.75) is 12.6 Å². The van der Waals surface area contributed by atoms with Crippen LogP contribution in [-0.4, -0.2) is 54.8 Å². The molecule has 0 bridgehead atoms. The molecule has 1 amide bonds. The van der Waals surface area contributed by atoms with E-state index >= 15 is 0 Å². The molecular formula is C23H23N3O4S. The Morgan fingerprint density at radius 1 is 1.06 bits per heavy atom. The Balaban J connectivity index is 1.34. The summed E-state index contributed by atoms with van der Waals surface area (Å²) in [5.41, 5.74) is 1.94. The van der Waals surface area contributed by atoms with E-state index in [2.05, 4.69) is 10.2 Å². The number of thiazole rings is 1. The van der Waals surface area contributed by atoms with E-state index in [1.807, 2.05) is 48.5 Å². The number of carbonyl (C=O) groups is 1. The number of para-hydroxylation sites is 2. The fourth-order valence-corrected chi connectivity index (χ4v) is 4.66. The molecule has 31 heavy (non-hydrogen) atoms. The van der Waals surface area contributed by atoms with Gasteiger partial charge in [0, 0.05) is 30.1 Å². The lowest BCUT2D eigenvalue weighted by Gasteiger charge is -2.26. The standard InChI is InChI=1S/C23H23N3O4S/c27-22(19-15-29-17-8-4-5-9-18(17)30-19)25-23-24-21(16-6-2-1-3-7-16)20(31-23)14-26-10-12-28-13-11-26/h1-9,19H,10-15H2,(H,24,25,27). The number of anilines is 1. The molecule has 1 aromatic heterocycles. The third kappa shape index (κ3) is 4.56. The van der Waals surface area contributed by atoms with Crippen LogP contribution in [0.25, 0.3) is 11.3 Å². The molecule has 0 spiro atoms. The molecule has 1 fully saturated rings. The second-order valence-corrected chi connectivity index (χ2v) is 8.48. The topological polar surface area (TPSA) is 72.9 Å². The third-order valence-electron chi connectivity index (χ3n) is 5.25. The molecule has 0 radical (unpaired) electrons. The Labute approximate surface area is 184 Å². The summed E-state index contributed by atoms with van der Waals surface area (Å²) in [6.07, 6.45) is -0.721. The van der Waals surface area contributed by atoms with Crippen molar-refractivity contribution >= 4 is 22.4 Å². The Bertz CT molecular complexity index is 1050. The van der Waals surface area contributed by atoms with Gasteiger partial charge in [0.05, 0.1) is 18.9 Å². The van der Waals surface area contributed by atoms with Crippen LogP contribution in [0.3, 0.4) is 0 Å². The SMILES string of the molecule is O=C(Nc1nc(-c2ccccc2)c(CN2CCOCC2)s1)C1COc2ccccc2O1. The van der Waals surface area contributed by atoms with Gasteiger partial charge in [0.1, 0.15) is 6.61 Å². The van der Waals surface area contributed by atoms with Gasteiger partial charge in [-0.05, 0) is 12.1 Å². The van der Waals surface area contributed by atoms with Crippen LogP contribution in [0.15, 0.2) is 54.6 Å². The van der Waals surface area contributed by atoms with E-state index in [1.54, 1.807) is 6.07 Å². The molecule has 3 aromatic rings. The van der Waals surface area contributed by atoms with Gasteiger partial charge < -0.3 is 14.2 Å². The first kappa shape index (κ1) is 20.0. The molecule has 1 atom stereocenters. The number of amides is 1. The van der Waals surface area contributed by atoms with Gasteiger partial charge in [-0.25, -0.2) is 4.98 Å². The Morgan fingerprint density at radius 2 is 1.81 bits per heavy atom. The lowest BCUT2D eigenvalue weighted by Crippen LogP contribution is -2.40. The van der Waals surface area contributed by atoms with E-state index in [0.29, 0.717) is 16.6 Å². The van der Waals surface area contributed by atoms with Crippen molar-refractivity contribution in [3.05, 3.63) is 59.5 Å². The Hall–Kier alpha value is -2.94. The number of nitrogens with zero attached hydrogens (tertiary/aromatic N) is 2. The highest BCUT2D eigenvalue weighted by atomic mass is 32.1. The predicted molar refractivity (Wildman–Crippen MR) is 119 cm³/mol. The smallest absolute Gasteiger partial charge is 0.270 e. The van der Waals surface area contributed by atoms with Crippen molar-refractivity contribution in [3.8, 4) is 22.8 Å². The minimum Gasteiger partial charge on any atom is -0.485 e. The number of rotatable bonds is 5. The molecular weight excluding hydrogens is 414 g/mol. The molecule has 0 saturated carbocycles. The lowest BCUT2D eigenvalue weighted by molar-refractivity contribution is -0.125. The molecule has 1 N–H and O–H groups in total. The maximum Gasteiger partial charge on any atom is 0.270 e. The zero-order chi connectivity index (χ0) is 21.0. The van der Waals surface area contributed by atoms with Gasteiger partial charge >= 0.3 is 0 Å². The number of morpholine rings is 1. The summed E-state index contributed by atoms with van der Waals surface area (Å²) >= 11 is 1.50. The highest BCUT2D eigenvalue weighted by Crippen LogP contribution is 2.34. The van der Waals surface area contributed by atoms with E-state index in [1.165, 1.54) is 11.3 Å². The van der Waals surface area contributed by atoms with Gasteiger partial charge in [0.15, 0.2) is 16.6 Å². The van der Waals surface area contributed by atoms with Crippen LogP contribution < -0.4 is 14.8 Å². The van der Waals surface area contributed by atoms with Crippen LogP contribution in [0.4, 0.5) is 5.13 Å². The molecule has 3 heterocycles. The predicted octanol–water partition coefficient (Wildman–Crippen LogP) is 3.42. The van der Waals surface area contributed by atoms with E-state index in [9.17, 15) is 4.79 Å². The van der Waals surface area contributed by atoms with Gasteiger partial charge in [-0.15, -0.1) is 0 Å². The normalized spacial score (nSPS) is 18.5. The molecule has 5 rings (SSSR count). The molecule has 160 valence electrons. The molecule has 8 heteroatoms. The fourth-order valence-electron chi connectivity index (χ4n) is 3.63. The van der Waals surface area contributed by atoms with Crippen molar-refractivity contribution in [2.75, 3.05) is 38.2 Å². The summed E-state index contributed by atoms with van der Waals surface area (Å²) in [6, 6.07) is 17.4. The van der Waals surface area contributed by atoms with Gasteiger partial charge in [-0.2, -0.15) is 0 Å². The van der Waals surface area contributed by atoms with Gasteiger partial charge in [-0.1, -0.05) is 53.8 Å². The van der Waals surface area contributed by atoms with Gasteiger partial charge in [0.2, 0.25) is 6.10 Å². The van der Waals surface area contributed by atoms with Crippen molar-refractivity contribution in [1.82, 2.24) is 9.88 Å². The average Bonchev–Trinajstić information content (AvgIpc) is 3.22. The number of hydrogen-bond donors (Lipinski definition) is 1. The molecule has 2 aliphatic rings. The molecule has 0 aliphatic carbocycles. The number of aromatic nitrogens is 1. The molecule has 2 aliphatic heterocycles. The molecule has 2 aromatic carbocycles. The zero-order valence-electron chi connectivity index (χ0n) is 17.0. The maximum absolute atomic E-state index is 12.8. The summed E-state index contributed by atoms with van der Waals surface area (Å²) in [4.78, 5) is 21.1. The molecule has 1 unspecified atom stereocenters. The lowest BCUT2D eigenvalue weighted by atomic mass is 10.1. The van der Waals surface area contributed by atoms with Crippen molar-refractivity contribution < 1.29 is 19.0 Å². The minimum absolute atomic E-state index is 0.167. The minimum atomic E-state index is -0.721. The number of hydrogen-bond acceptors (Lipinski definition) is 7. The van der Waals surface area contributed by atoms with Gasteiger partial charge in [0.25, 0.3) is 5.91 Å². The first-order chi connectivity index (χ1) is 15.3. The maximum atomic E-state index is 12.8. The summed E-state index contributed by atoms with van der Waals surface area (Å²) in [5.74, 6) is 0.965. The Morgan fingerprint density at radius 3 is 2.61 bits per heavy atom. The number of benzene rings is 2. The summed E-state index contributed by atoms with van der Waals surface area (Å²) in [5, 5.41) is 3.49. The monoisotopic (exact) mass is 437 g/mol. The quantitative estimate of drug-likeness (QED) is 0.660. The number of nitrogens with one attached hydrogen (secondary N) is 1. The zero-order valence-corrected chi connectivity index (χ0v) is 17.8. The van der Waals surface area contributed by atoms with Crippen molar-refractivity contribution in [1.29, 1.82) is 0 Å². The highest BCUT2D eigenvalue weighted by molar-refractivity contribution is 7.16. The molecule has 7 nitrogen and oxygen atoms in total. The largest absolute Gasteiger partial charge is 0.485 e. The third-order valence-corrected chi connectivity index (χ3v) is 6.20. The van der Waals surface area contributed by atoms with E-state index < -0.39 is 6.10 Å². The van der Waals surface area contributed by atoms with Crippen LogP contribution in [0.5, 0.6) is 11.5 Å². The van der Waals surface area contributed by atoms with Crippen LogP contribution in [0.2, 0.25) is 0 Å². The first-order valence-electron chi connectivity index (χ1n) is 10.3. The molecule has 1 saturated heterocycles.